The van der Waals surface area contributed by atoms with Gasteiger partial charge in [0.2, 0.25) is 0 Å². The molecule has 2 rings (SSSR count). The molecule has 0 bridgehead atoms. The van der Waals surface area contributed by atoms with Crippen LogP contribution >= 0.6 is 21.6 Å². The number of rotatable bonds is 3. The molecule has 0 unspecified atom stereocenters. The van der Waals surface area contributed by atoms with Crippen LogP contribution in [0.4, 0.5) is 0 Å². The van der Waals surface area contributed by atoms with Crippen LogP contribution < -0.4 is 29.9 Å². The van der Waals surface area contributed by atoms with Gasteiger partial charge in [0.15, 0.2) is 12.4 Å². The Morgan fingerprint density at radius 1 is 0.606 bits per heavy atom. The molecule has 15 heteroatoms. The smallest absolute Gasteiger partial charge is 0.618 e. The zero-order chi connectivity index (χ0) is 25.7. The van der Waals surface area contributed by atoms with Crippen molar-refractivity contribution in [2.45, 2.75) is 37.7 Å². The van der Waals surface area contributed by atoms with Crippen molar-refractivity contribution in [3.8, 4) is 0 Å². The Bertz CT molecular complexity index is 747. The summed E-state index contributed by atoms with van der Waals surface area (Å²) >= 11 is 0. The van der Waals surface area contributed by atoms with Gasteiger partial charge in [-0.2, -0.15) is 9.46 Å². The quantitative estimate of drug-likeness (QED) is 0.199. The van der Waals surface area contributed by atoms with E-state index in [9.17, 15) is 10.4 Å². The standard InChI is InChI=1S/C10H8N2O2S2.4C2H4O2.Zr/c13-11-7-3-1-5-9(11)15-16-10-6-2-4-8-12(10)14;4*1-2(3)4;/h1-8H;4*1H3,(H,3,4);/q;;;;;+4/p-4. The average molecular weight is 580 g/mol. The molecular formula is C18H20N2O10S2Zr. The molecule has 2 heterocycles. The van der Waals surface area contributed by atoms with Crippen LogP contribution in [0.3, 0.4) is 0 Å². The van der Waals surface area contributed by atoms with Gasteiger partial charge in [0.25, 0.3) is 10.1 Å². The fourth-order valence-corrected chi connectivity index (χ4v) is 3.03. The van der Waals surface area contributed by atoms with Crippen LogP contribution in [-0.2, 0) is 45.4 Å². The fraction of sp³-hybridized carbons (Fsp3) is 0.222. The summed E-state index contributed by atoms with van der Waals surface area (Å²) in [7, 11) is 2.52. The first-order valence-corrected chi connectivity index (χ1v) is 10.3. The Kier molecular flexibility index (Phi) is 27.4. The molecule has 0 fully saturated rings. The van der Waals surface area contributed by atoms with Gasteiger partial charge in [0, 0.05) is 69.7 Å². The van der Waals surface area contributed by atoms with E-state index < -0.39 is 23.9 Å². The van der Waals surface area contributed by atoms with E-state index in [-0.39, 0.29) is 26.2 Å². The Hall–Kier alpha value is -2.64. The number of carbonyl (C=O) groups is 4. The molecule has 2 aromatic rings. The molecule has 0 aliphatic rings. The zero-order valence-corrected chi connectivity index (χ0v) is 22.0. The van der Waals surface area contributed by atoms with E-state index in [1.165, 1.54) is 34.0 Å². The van der Waals surface area contributed by atoms with Crippen LogP contribution in [0, 0.1) is 10.4 Å². The third-order valence-electron chi connectivity index (χ3n) is 1.79. The number of nitrogens with zero attached hydrogens (tertiary/aromatic N) is 2. The summed E-state index contributed by atoms with van der Waals surface area (Å²) in [5, 5.41) is 59.3. The average Bonchev–Trinajstić information content (AvgIpc) is 2.60. The third-order valence-corrected chi connectivity index (χ3v) is 4.12. The summed E-state index contributed by atoms with van der Waals surface area (Å²) in [6.07, 6.45) is 2.86. The number of carboxylic acid groups (broad SMARTS) is 4. The van der Waals surface area contributed by atoms with Crippen LogP contribution in [0.15, 0.2) is 58.8 Å². The molecule has 0 aromatic carbocycles. The minimum atomic E-state index is -1.08. The first-order valence-electron chi connectivity index (χ1n) is 8.11. The van der Waals surface area contributed by atoms with Gasteiger partial charge in [-0.1, -0.05) is 0 Å². The van der Waals surface area contributed by atoms with Crippen LogP contribution in [0.5, 0.6) is 0 Å². The summed E-state index contributed by atoms with van der Waals surface area (Å²) in [4.78, 5) is 35.6. The Balaban J connectivity index is -0.000000205. The molecule has 33 heavy (non-hydrogen) atoms. The second-order valence-electron chi connectivity index (χ2n) is 4.86. The SMILES string of the molecule is CC(=O)[O-].CC(=O)[O-].CC(=O)[O-].CC(=O)[O-].[O-][n+]1ccccc1SSc1cccc[n+]1[O-].[Zr+4]. The van der Waals surface area contributed by atoms with Crippen LogP contribution in [0.2, 0.25) is 0 Å². The first-order chi connectivity index (χ1) is 14.7. The minimum absolute atomic E-state index is 0. The first kappa shape index (κ1) is 37.7. The molecule has 0 spiro atoms. The second-order valence-corrected chi connectivity index (χ2v) is 7.03. The molecule has 178 valence electrons. The normalized spacial score (nSPS) is 8.00. The van der Waals surface area contributed by atoms with E-state index in [1.54, 1.807) is 36.4 Å². The van der Waals surface area contributed by atoms with E-state index in [4.69, 9.17) is 39.6 Å². The number of carbonyl (C=O) groups excluding carboxylic acids is 4. The van der Waals surface area contributed by atoms with Crippen molar-refractivity contribution in [2.24, 2.45) is 0 Å². The molecular weight excluding hydrogens is 560 g/mol. The monoisotopic (exact) mass is 578 g/mol. The Morgan fingerprint density at radius 3 is 1.00 bits per heavy atom. The van der Waals surface area contributed by atoms with Gasteiger partial charge in [-0.15, -0.1) is 0 Å². The molecule has 2 aromatic heterocycles. The van der Waals surface area contributed by atoms with E-state index in [0.717, 1.165) is 37.2 Å². The maximum absolute atomic E-state index is 11.3. The summed E-state index contributed by atoms with van der Waals surface area (Å²) in [5.41, 5.74) is 0. The second kappa shape index (κ2) is 24.0. The van der Waals surface area contributed by atoms with Crippen molar-refractivity contribution in [2.75, 3.05) is 0 Å². The summed E-state index contributed by atoms with van der Waals surface area (Å²) in [6, 6.07) is 10.3. The van der Waals surface area contributed by atoms with Gasteiger partial charge >= 0.3 is 26.2 Å². The molecule has 0 saturated carbocycles. The predicted molar refractivity (Wildman–Crippen MR) is 105 cm³/mol. The topological polar surface area (TPSA) is 214 Å². The molecule has 0 aliphatic carbocycles. The van der Waals surface area contributed by atoms with Crippen LogP contribution in [0.25, 0.3) is 0 Å². The number of aromatic nitrogens is 2. The molecule has 0 atom stereocenters. The Morgan fingerprint density at radius 2 is 0.818 bits per heavy atom. The van der Waals surface area contributed by atoms with Gasteiger partial charge < -0.3 is 50.0 Å². The van der Waals surface area contributed by atoms with Crippen molar-refractivity contribution < 1.29 is 75.3 Å². The molecule has 12 nitrogen and oxygen atoms in total. The number of carboxylic acids is 4. The van der Waals surface area contributed by atoms with Crippen molar-refractivity contribution in [3.05, 3.63) is 59.2 Å². The summed E-state index contributed by atoms with van der Waals surface area (Å²) in [6.45, 7) is 3.89. The minimum Gasteiger partial charge on any atom is -0.618 e. The number of hydrogen-bond donors (Lipinski definition) is 0. The van der Waals surface area contributed by atoms with E-state index in [0.29, 0.717) is 10.1 Å². The molecule has 0 aliphatic heterocycles. The molecule has 0 radical (unpaired) electrons. The van der Waals surface area contributed by atoms with Crippen molar-refractivity contribution >= 4 is 45.5 Å². The van der Waals surface area contributed by atoms with Gasteiger partial charge in [-0.3, -0.25) is 0 Å². The number of pyridine rings is 2. The predicted octanol–water partition coefficient (Wildman–Crippen LogP) is -3.22. The van der Waals surface area contributed by atoms with Gasteiger partial charge in [-0.25, -0.2) is 0 Å². The maximum Gasteiger partial charge on any atom is 4.00 e. The molecule has 0 saturated heterocycles. The van der Waals surface area contributed by atoms with E-state index >= 15 is 0 Å². The maximum atomic E-state index is 11.3. The van der Waals surface area contributed by atoms with Crippen molar-refractivity contribution in [3.63, 3.8) is 0 Å². The fourth-order valence-electron chi connectivity index (χ4n) is 1.04. The zero-order valence-electron chi connectivity index (χ0n) is 17.9. The van der Waals surface area contributed by atoms with E-state index in [2.05, 4.69) is 0 Å². The Labute approximate surface area is 217 Å². The van der Waals surface area contributed by atoms with Crippen molar-refractivity contribution in [1.29, 1.82) is 0 Å². The van der Waals surface area contributed by atoms with Gasteiger partial charge in [0.1, 0.15) is 0 Å². The van der Waals surface area contributed by atoms with Gasteiger partial charge in [-0.05, 0) is 39.8 Å². The van der Waals surface area contributed by atoms with Crippen LogP contribution in [0.1, 0.15) is 27.7 Å². The van der Waals surface area contributed by atoms with Crippen molar-refractivity contribution in [1.82, 2.24) is 0 Å². The molecule has 0 amide bonds. The number of hydrogen-bond acceptors (Lipinski definition) is 12. The summed E-state index contributed by atoms with van der Waals surface area (Å²) < 4.78 is 1.55. The summed E-state index contributed by atoms with van der Waals surface area (Å²) in [5.74, 6) is -4.33. The van der Waals surface area contributed by atoms with Crippen LogP contribution in [-0.4, -0.2) is 23.9 Å². The largest absolute Gasteiger partial charge is 4.00 e. The van der Waals surface area contributed by atoms with E-state index in [1.807, 2.05) is 0 Å². The van der Waals surface area contributed by atoms with Gasteiger partial charge in [0.05, 0.1) is 0 Å². The third kappa shape index (κ3) is 37.0. The number of aliphatic carboxylic acids is 4. The molecule has 0 N–H and O–H groups in total.